The zero-order valence-corrected chi connectivity index (χ0v) is 8.99. The highest BCUT2D eigenvalue weighted by molar-refractivity contribution is 6.30. The lowest BCUT2D eigenvalue weighted by atomic mass is 10.1. The second-order valence-corrected chi connectivity index (χ2v) is 4.21. The van der Waals surface area contributed by atoms with Gasteiger partial charge in [-0.25, -0.2) is 9.50 Å². The number of rotatable bonds is 2. The van der Waals surface area contributed by atoms with E-state index in [2.05, 4.69) is 23.9 Å². The molecule has 0 radical (unpaired) electrons. The normalized spacial score (nSPS) is 11.4. The second-order valence-electron chi connectivity index (χ2n) is 3.78. The molecule has 3 nitrogen and oxygen atoms in total. The van der Waals surface area contributed by atoms with E-state index in [1.807, 2.05) is 12.1 Å². The fourth-order valence-electron chi connectivity index (χ4n) is 1.36. The van der Waals surface area contributed by atoms with Crippen LogP contribution in [0.15, 0.2) is 18.3 Å². The third-order valence-corrected chi connectivity index (χ3v) is 2.15. The number of hydrogen-bond acceptors (Lipinski definition) is 2. The molecule has 2 rings (SSSR count). The van der Waals surface area contributed by atoms with E-state index in [1.165, 1.54) is 0 Å². The summed E-state index contributed by atoms with van der Waals surface area (Å²) in [5.41, 5.74) is 0.852. The van der Waals surface area contributed by atoms with Crippen molar-refractivity contribution in [3.8, 4) is 0 Å². The molecule has 0 saturated heterocycles. The maximum absolute atomic E-state index is 5.85. The van der Waals surface area contributed by atoms with Gasteiger partial charge in [-0.2, -0.15) is 5.10 Å². The SMILES string of the molecule is CC(C)Cc1nc2ccc(Cl)cn2n1. The van der Waals surface area contributed by atoms with Gasteiger partial charge >= 0.3 is 0 Å². The van der Waals surface area contributed by atoms with Crippen LogP contribution >= 0.6 is 11.6 Å². The van der Waals surface area contributed by atoms with Gasteiger partial charge in [0.1, 0.15) is 0 Å². The maximum atomic E-state index is 5.85. The lowest BCUT2D eigenvalue weighted by Crippen LogP contribution is -1.96. The molecule has 14 heavy (non-hydrogen) atoms. The number of nitrogens with zero attached hydrogens (tertiary/aromatic N) is 3. The van der Waals surface area contributed by atoms with E-state index in [1.54, 1.807) is 10.7 Å². The smallest absolute Gasteiger partial charge is 0.155 e. The molecule has 0 atom stereocenters. The summed E-state index contributed by atoms with van der Waals surface area (Å²) < 4.78 is 1.72. The van der Waals surface area contributed by atoms with Gasteiger partial charge in [-0.3, -0.25) is 0 Å². The number of aromatic nitrogens is 3. The molecule has 0 spiro atoms. The Hall–Kier alpha value is -1.09. The average Bonchev–Trinajstić information content (AvgIpc) is 2.44. The van der Waals surface area contributed by atoms with Gasteiger partial charge in [-0.05, 0) is 18.1 Å². The van der Waals surface area contributed by atoms with Crippen molar-refractivity contribution in [3.63, 3.8) is 0 Å². The minimum absolute atomic E-state index is 0.572. The molecule has 0 saturated carbocycles. The fraction of sp³-hybridized carbons (Fsp3) is 0.400. The molecule has 0 aliphatic rings. The first-order valence-electron chi connectivity index (χ1n) is 4.66. The third-order valence-electron chi connectivity index (χ3n) is 1.93. The molecule has 0 unspecified atom stereocenters. The molecule has 74 valence electrons. The van der Waals surface area contributed by atoms with E-state index >= 15 is 0 Å². The second kappa shape index (κ2) is 3.58. The molecule has 0 aromatic carbocycles. The Morgan fingerprint density at radius 1 is 1.43 bits per heavy atom. The van der Waals surface area contributed by atoms with Crippen molar-refractivity contribution in [1.82, 2.24) is 14.6 Å². The Kier molecular flexibility index (Phi) is 2.42. The van der Waals surface area contributed by atoms with E-state index in [-0.39, 0.29) is 0 Å². The number of pyridine rings is 1. The topological polar surface area (TPSA) is 30.2 Å². The van der Waals surface area contributed by atoms with Crippen LogP contribution in [0.5, 0.6) is 0 Å². The molecular weight excluding hydrogens is 198 g/mol. The Morgan fingerprint density at radius 2 is 2.21 bits per heavy atom. The first kappa shape index (κ1) is 9.46. The van der Waals surface area contributed by atoms with Gasteiger partial charge in [-0.15, -0.1) is 0 Å². The van der Waals surface area contributed by atoms with E-state index in [0.717, 1.165) is 17.9 Å². The molecule has 0 aliphatic carbocycles. The van der Waals surface area contributed by atoms with Crippen LogP contribution in [0.3, 0.4) is 0 Å². The van der Waals surface area contributed by atoms with Crippen molar-refractivity contribution in [2.24, 2.45) is 5.92 Å². The van der Waals surface area contributed by atoms with Gasteiger partial charge in [0.05, 0.1) is 5.02 Å². The van der Waals surface area contributed by atoms with Gasteiger partial charge in [0.2, 0.25) is 0 Å². The molecular formula is C10H12ClN3. The summed E-state index contributed by atoms with van der Waals surface area (Å²) in [6.45, 7) is 4.30. The van der Waals surface area contributed by atoms with Gasteiger partial charge < -0.3 is 0 Å². The quantitative estimate of drug-likeness (QED) is 0.761. The number of hydrogen-bond donors (Lipinski definition) is 0. The predicted octanol–water partition coefficient (Wildman–Crippen LogP) is 2.58. The highest BCUT2D eigenvalue weighted by atomic mass is 35.5. The standard InChI is InChI=1S/C10H12ClN3/c1-7(2)5-9-12-10-4-3-8(11)6-14(10)13-9/h3-4,6-7H,5H2,1-2H3. The zero-order chi connectivity index (χ0) is 10.1. The van der Waals surface area contributed by atoms with Gasteiger partial charge in [0.15, 0.2) is 11.5 Å². The van der Waals surface area contributed by atoms with E-state index in [0.29, 0.717) is 10.9 Å². The minimum Gasteiger partial charge on any atom is -0.219 e. The Morgan fingerprint density at radius 3 is 2.93 bits per heavy atom. The van der Waals surface area contributed by atoms with E-state index < -0.39 is 0 Å². The van der Waals surface area contributed by atoms with Crippen LogP contribution in [0.4, 0.5) is 0 Å². The first-order valence-corrected chi connectivity index (χ1v) is 5.04. The summed E-state index contributed by atoms with van der Waals surface area (Å²) in [4.78, 5) is 4.39. The summed E-state index contributed by atoms with van der Waals surface area (Å²) in [6.07, 6.45) is 2.67. The Balaban J connectivity index is 2.41. The molecule has 2 heterocycles. The lowest BCUT2D eigenvalue weighted by molar-refractivity contribution is 0.620. The van der Waals surface area contributed by atoms with Crippen LogP contribution in [0.25, 0.3) is 5.65 Å². The molecule has 2 aromatic rings. The fourth-order valence-corrected chi connectivity index (χ4v) is 1.51. The van der Waals surface area contributed by atoms with E-state index in [4.69, 9.17) is 11.6 Å². The van der Waals surface area contributed by atoms with Crippen LogP contribution in [0.1, 0.15) is 19.7 Å². The van der Waals surface area contributed by atoms with Crippen molar-refractivity contribution in [3.05, 3.63) is 29.2 Å². The molecule has 0 N–H and O–H groups in total. The van der Waals surface area contributed by atoms with Crippen molar-refractivity contribution < 1.29 is 0 Å². The highest BCUT2D eigenvalue weighted by Crippen LogP contribution is 2.11. The third kappa shape index (κ3) is 1.87. The molecule has 0 bridgehead atoms. The maximum Gasteiger partial charge on any atom is 0.155 e. The van der Waals surface area contributed by atoms with Gasteiger partial charge in [0, 0.05) is 12.6 Å². The number of fused-ring (bicyclic) bond motifs is 1. The molecule has 4 heteroatoms. The first-order chi connectivity index (χ1) is 6.65. The minimum atomic E-state index is 0.572. The summed E-state index contributed by atoms with van der Waals surface area (Å²) in [5.74, 6) is 1.45. The van der Waals surface area contributed by atoms with Gasteiger partial charge in [0.25, 0.3) is 0 Å². The van der Waals surface area contributed by atoms with Gasteiger partial charge in [-0.1, -0.05) is 25.4 Å². The average molecular weight is 210 g/mol. The van der Waals surface area contributed by atoms with Crippen LogP contribution in [0.2, 0.25) is 5.02 Å². The number of halogens is 1. The Labute approximate surface area is 87.7 Å². The highest BCUT2D eigenvalue weighted by Gasteiger charge is 2.05. The van der Waals surface area contributed by atoms with Crippen LogP contribution in [-0.2, 0) is 6.42 Å². The van der Waals surface area contributed by atoms with Crippen molar-refractivity contribution in [2.75, 3.05) is 0 Å². The van der Waals surface area contributed by atoms with Crippen molar-refractivity contribution in [2.45, 2.75) is 20.3 Å². The summed E-state index contributed by atoms with van der Waals surface area (Å²) in [7, 11) is 0. The largest absolute Gasteiger partial charge is 0.219 e. The lowest BCUT2D eigenvalue weighted by Gasteiger charge is -1.96. The summed E-state index contributed by atoms with van der Waals surface area (Å²) in [5, 5.41) is 5.01. The molecule has 0 aliphatic heterocycles. The van der Waals surface area contributed by atoms with Crippen LogP contribution < -0.4 is 0 Å². The van der Waals surface area contributed by atoms with Crippen LogP contribution in [0, 0.1) is 5.92 Å². The summed E-state index contributed by atoms with van der Waals surface area (Å²) >= 11 is 5.85. The summed E-state index contributed by atoms with van der Waals surface area (Å²) in [6, 6.07) is 3.70. The van der Waals surface area contributed by atoms with Crippen LogP contribution in [-0.4, -0.2) is 14.6 Å². The molecule has 0 fully saturated rings. The molecule has 2 aromatic heterocycles. The predicted molar refractivity (Wildman–Crippen MR) is 56.5 cm³/mol. The Bertz CT molecular complexity index is 448. The monoisotopic (exact) mass is 209 g/mol. The van der Waals surface area contributed by atoms with E-state index in [9.17, 15) is 0 Å². The van der Waals surface area contributed by atoms with Crippen molar-refractivity contribution >= 4 is 17.2 Å². The van der Waals surface area contributed by atoms with Crippen molar-refractivity contribution in [1.29, 1.82) is 0 Å². The zero-order valence-electron chi connectivity index (χ0n) is 8.24. The molecule has 0 amide bonds.